The summed E-state index contributed by atoms with van der Waals surface area (Å²) >= 11 is 0. The zero-order valence-electron chi connectivity index (χ0n) is 20.3. The van der Waals surface area contributed by atoms with Gasteiger partial charge in [0.2, 0.25) is 11.8 Å². The van der Waals surface area contributed by atoms with Crippen LogP contribution in [0.5, 0.6) is 5.75 Å². The predicted molar refractivity (Wildman–Crippen MR) is 131 cm³/mol. The fraction of sp³-hybridized carbons (Fsp3) is 0.320. The Labute approximate surface area is 213 Å². The van der Waals surface area contributed by atoms with E-state index in [1.165, 1.54) is 19.1 Å². The van der Waals surface area contributed by atoms with E-state index < -0.39 is 41.9 Å². The zero-order chi connectivity index (χ0) is 27.2. The van der Waals surface area contributed by atoms with E-state index in [-0.39, 0.29) is 38.3 Å². The number of alkyl carbamates (subject to hydrolysis) is 1. The molecule has 37 heavy (non-hydrogen) atoms. The van der Waals surface area contributed by atoms with Crippen molar-refractivity contribution in [1.29, 1.82) is 0 Å². The number of ether oxygens (including phenoxy) is 2. The summed E-state index contributed by atoms with van der Waals surface area (Å²) in [5.41, 5.74) is 6.52. The molecule has 0 aromatic heterocycles. The van der Waals surface area contributed by atoms with Crippen LogP contribution < -0.4 is 26.4 Å². The minimum atomic E-state index is -1.23. The van der Waals surface area contributed by atoms with Gasteiger partial charge in [-0.3, -0.25) is 9.59 Å². The Kier molecular flexibility index (Phi) is 11.5. The van der Waals surface area contributed by atoms with E-state index in [1.54, 1.807) is 24.3 Å². The molecular formula is C25H30N4O8. The van der Waals surface area contributed by atoms with Gasteiger partial charge in [0.05, 0.1) is 6.54 Å². The first-order chi connectivity index (χ1) is 17.7. The third-order valence-corrected chi connectivity index (χ3v) is 4.98. The van der Waals surface area contributed by atoms with Gasteiger partial charge in [-0.05, 0) is 30.2 Å². The molecule has 0 saturated carbocycles. The summed E-state index contributed by atoms with van der Waals surface area (Å²) in [5.74, 6) is -2.72. The molecule has 2 atom stereocenters. The Balaban J connectivity index is 1.81. The number of nitrogens with one attached hydrogen (secondary N) is 3. The van der Waals surface area contributed by atoms with Crippen LogP contribution in [-0.4, -0.2) is 60.1 Å². The van der Waals surface area contributed by atoms with Crippen LogP contribution in [0, 0.1) is 0 Å². The number of esters is 1. The second kappa shape index (κ2) is 14.8. The third-order valence-electron chi connectivity index (χ3n) is 4.98. The van der Waals surface area contributed by atoms with Crippen molar-refractivity contribution < 1.29 is 38.6 Å². The molecule has 6 N–H and O–H groups in total. The van der Waals surface area contributed by atoms with Crippen LogP contribution in [0.4, 0.5) is 4.79 Å². The fourth-order valence-electron chi connectivity index (χ4n) is 2.99. The molecule has 2 aromatic rings. The summed E-state index contributed by atoms with van der Waals surface area (Å²) in [5, 5.41) is 16.6. The van der Waals surface area contributed by atoms with Crippen LogP contribution in [0.3, 0.4) is 0 Å². The van der Waals surface area contributed by atoms with Gasteiger partial charge in [-0.2, -0.15) is 0 Å². The number of rotatable bonds is 13. The third kappa shape index (κ3) is 10.8. The second-order valence-corrected chi connectivity index (χ2v) is 7.96. The van der Waals surface area contributed by atoms with E-state index >= 15 is 0 Å². The zero-order valence-corrected chi connectivity index (χ0v) is 20.3. The van der Waals surface area contributed by atoms with Crippen molar-refractivity contribution in [2.75, 3.05) is 13.1 Å². The summed E-state index contributed by atoms with van der Waals surface area (Å²) in [6.07, 6.45) is -0.890. The molecule has 2 aromatic carbocycles. The molecule has 0 radical (unpaired) electrons. The van der Waals surface area contributed by atoms with Crippen molar-refractivity contribution in [1.82, 2.24) is 16.0 Å². The standard InChI is InChI=1S/C25H30N4O8/c1-16(28-25(35)36-15-18-5-3-2-4-6-18)24(34)37-19-9-7-17(8-10-19)13-20(23(32)33)29-21(30)11-12-27-22(31)14-26/h2-10,16,20H,11-15,26H2,1H3,(H,27,31)(H,28,35)(H,29,30)(H,32,33)/t16-,20-/m0/s1. The smallest absolute Gasteiger partial charge is 0.408 e. The maximum atomic E-state index is 12.3. The summed E-state index contributed by atoms with van der Waals surface area (Å²) in [7, 11) is 0. The molecule has 0 aliphatic heterocycles. The highest BCUT2D eigenvalue weighted by Crippen LogP contribution is 2.15. The van der Waals surface area contributed by atoms with Crippen LogP contribution in [-0.2, 0) is 36.9 Å². The number of hydrogen-bond acceptors (Lipinski definition) is 8. The Hall–Kier alpha value is -4.45. The first-order valence-electron chi connectivity index (χ1n) is 11.4. The molecular weight excluding hydrogens is 484 g/mol. The quantitative estimate of drug-likeness (QED) is 0.187. The maximum absolute atomic E-state index is 12.3. The lowest BCUT2D eigenvalue weighted by molar-refractivity contribution is -0.141. The Morgan fingerprint density at radius 2 is 1.59 bits per heavy atom. The first-order valence-corrected chi connectivity index (χ1v) is 11.4. The van der Waals surface area contributed by atoms with Gasteiger partial charge in [0.25, 0.3) is 0 Å². The van der Waals surface area contributed by atoms with E-state index in [4.69, 9.17) is 15.2 Å². The van der Waals surface area contributed by atoms with E-state index in [9.17, 15) is 29.1 Å². The first kappa shape index (κ1) is 28.8. The monoisotopic (exact) mass is 514 g/mol. The predicted octanol–water partition coefficient (Wildman–Crippen LogP) is 0.484. The molecule has 0 heterocycles. The van der Waals surface area contributed by atoms with E-state index in [2.05, 4.69) is 16.0 Å². The molecule has 2 rings (SSSR count). The Morgan fingerprint density at radius 3 is 2.22 bits per heavy atom. The average Bonchev–Trinajstić information content (AvgIpc) is 2.88. The van der Waals surface area contributed by atoms with Crippen molar-refractivity contribution >= 4 is 29.8 Å². The number of nitrogens with two attached hydrogens (primary N) is 1. The van der Waals surface area contributed by atoms with Crippen LogP contribution in [0.2, 0.25) is 0 Å². The summed E-state index contributed by atoms with van der Waals surface area (Å²) in [4.78, 5) is 58.9. The number of benzene rings is 2. The summed E-state index contributed by atoms with van der Waals surface area (Å²) in [6.45, 7) is 1.33. The van der Waals surface area contributed by atoms with Gasteiger partial charge < -0.3 is 36.3 Å². The maximum Gasteiger partial charge on any atom is 0.408 e. The van der Waals surface area contributed by atoms with Crippen molar-refractivity contribution in [3.05, 3.63) is 65.7 Å². The molecule has 12 heteroatoms. The number of hydrogen-bond donors (Lipinski definition) is 5. The topological polar surface area (TPSA) is 186 Å². The van der Waals surface area contributed by atoms with Gasteiger partial charge in [-0.25, -0.2) is 14.4 Å². The Bertz CT molecular complexity index is 1080. The van der Waals surface area contributed by atoms with Crippen molar-refractivity contribution in [2.45, 2.75) is 38.5 Å². The molecule has 0 spiro atoms. The van der Waals surface area contributed by atoms with Crippen molar-refractivity contribution in [3.8, 4) is 5.75 Å². The molecule has 12 nitrogen and oxygen atoms in total. The summed E-state index contributed by atoms with van der Waals surface area (Å²) in [6, 6.07) is 12.9. The molecule has 0 unspecified atom stereocenters. The molecule has 0 fully saturated rings. The lowest BCUT2D eigenvalue weighted by Crippen LogP contribution is -2.43. The van der Waals surface area contributed by atoms with E-state index in [0.29, 0.717) is 5.56 Å². The van der Waals surface area contributed by atoms with E-state index in [0.717, 1.165) is 5.56 Å². The van der Waals surface area contributed by atoms with Crippen LogP contribution in [0.15, 0.2) is 54.6 Å². The SMILES string of the molecule is C[C@H](NC(=O)OCc1ccccc1)C(=O)Oc1ccc(C[C@H](NC(=O)CCNC(=O)CN)C(=O)O)cc1. The second-order valence-electron chi connectivity index (χ2n) is 7.96. The molecule has 0 bridgehead atoms. The van der Waals surface area contributed by atoms with Crippen molar-refractivity contribution in [2.24, 2.45) is 5.73 Å². The van der Waals surface area contributed by atoms with Gasteiger partial charge in [0.1, 0.15) is 24.4 Å². The number of amides is 3. The highest BCUT2D eigenvalue weighted by Gasteiger charge is 2.21. The van der Waals surface area contributed by atoms with Crippen LogP contribution in [0.1, 0.15) is 24.5 Å². The van der Waals surface area contributed by atoms with Crippen molar-refractivity contribution in [3.63, 3.8) is 0 Å². The van der Waals surface area contributed by atoms with Crippen LogP contribution in [0.25, 0.3) is 0 Å². The van der Waals surface area contributed by atoms with Gasteiger partial charge >= 0.3 is 18.0 Å². The number of carboxylic acids is 1. The molecule has 0 aliphatic rings. The fourth-order valence-corrected chi connectivity index (χ4v) is 2.99. The average molecular weight is 515 g/mol. The minimum absolute atomic E-state index is 0.0182. The molecule has 0 saturated heterocycles. The number of carbonyl (C=O) groups excluding carboxylic acids is 4. The number of aliphatic carboxylic acids is 1. The lowest BCUT2D eigenvalue weighted by Gasteiger charge is -2.16. The Morgan fingerprint density at radius 1 is 0.919 bits per heavy atom. The molecule has 198 valence electrons. The minimum Gasteiger partial charge on any atom is -0.480 e. The van der Waals surface area contributed by atoms with Crippen LogP contribution >= 0.6 is 0 Å². The van der Waals surface area contributed by atoms with Gasteiger partial charge in [-0.1, -0.05) is 42.5 Å². The van der Waals surface area contributed by atoms with Gasteiger partial charge in [0, 0.05) is 19.4 Å². The molecule has 3 amide bonds. The van der Waals surface area contributed by atoms with E-state index in [1.807, 2.05) is 18.2 Å². The largest absolute Gasteiger partial charge is 0.480 e. The van der Waals surface area contributed by atoms with Gasteiger partial charge in [0.15, 0.2) is 0 Å². The lowest BCUT2D eigenvalue weighted by atomic mass is 10.1. The highest BCUT2D eigenvalue weighted by atomic mass is 16.6. The summed E-state index contributed by atoms with van der Waals surface area (Å²) < 4.78 is 10.3. The number of carbonyl (C=O) groups is 5. The number of carboxylic acid groups (broad SMARTS) is 1. The normalized spacial score (nSPS) is 11.9. The molecule has 0 aliphatic carbocycles. The van der Waals surface area contributed by atoms with Gasteiger partial charge in [-0.15, -0.1) is 0 Å². The highest BCUT2D eigenvalue weighted by molar-refractivity contribution is 5.85.